The monoisotopic (exact) mass is 274 g/mol. The van der Waals surface area contributed by atoms with E-state index in [9.17, 15) is 9.59 Å². The highest BCUT2D eigenvalue weighted by molar-refractivity contribution is 7.80. The molecule has 1 aromatic rings. The third-order valence-corrected chi connectivity index (χ3v) is 3.58. The number of hydrogen-bond acceptors (Lipinski definition) is 3. The lowest BCUT2D eigenvalue weighted by atomic mass is 10.1. The van der Waals surface area contributed by atoms with E-state index in [0.717, 1.165) is 5.56 Å². The molecule has 98 valence electrons. The lowest BCUT2D eigenvalue weighted by Crippen LogP contribution is -2.52. The Hall–Kier alpha value is -2.01. The number of carbonyl (C=O) groups excluding carboxylic acids is 2. The van der Waals surface area contributed by atoms with Crippen molar-refractivity contribution in [2.45, 2.75) is 6.42 Å². The summed E-state index contributed by atoms with van der Waals surface area (Å²) in [6, 6.07) is 9.67. The summed E-state index contributed by atoms with van der Waals surface area (Å²) < 4.78 is 0. The first kappa shape index (κ1) is 13.4. The zero-order chi connectivity index (χ0) is 14.0. The highest BCUT2D eigenvalue weighted by Crippen LogP contribution is 2.15. The Morgan fingerprint density at radius 1 is 1.05 bits per heavy atom. The summed E-state index contributed by atoms with van der Waals surface area (Å²) >= 11 is 5.02. The molecule has 0 saturated carbocycles. The number of likely N-dealkylation sites (N-methyl/N-ethyl adjacent to an activating group) is 2. The van der Waals surface area contributed by atoms with Crippen molar-refractivity contribution in [3.05, 3.63) is 47.5 Å². The van der Waals surface area contributed by atoms with E-state index in [1.807, 2.05) is 30.3 Å². The predicted octanol–water partition coefficient (Wildman–Crippen LogP) is 1.37. The van der Waals surface area contributed by atoms with Gasteiger partial charge in [-0.1, -0.05) is 36.4 Å². The van der Waals surface area contributed by atoms with E-state index in [1.165, 1.54) is 9.80 Å². The van der Waals surface area contributed by atoms with Crippen molar-refractivity contribution < 1.29 is 9.59 Å². The van der Waals surface area contributed by atoms with Gasteiger partial charge in [0.25, 0.3) is 11.8 Å². The van der Waals surface area contributed by atoms with E-state index in [2.05, 4.69) is 0 Å². The summed E-state index contributed by atoms with van der Waals surface area (Å²) in [6.07, 6.45) is 2.21. The van der Waals surface area contributed by atoms with E-state index >= 15 is 0 Å². The van der Waals surface area contributed by atoms with Crippen molar-refractivity contribution >= 4 is 29.1 Å². The van der Waals surface area contributed by atoms with E-state index in [0.29, 0.717) is 6.42 Å². The number of benzene rings is 1. The first-order valence-corrected chi connectivity index (χ1v) is 6.27. The van der Waals surface area contributed by atoms with Crippen LogP contribution in [0.4, 0.5) is 0 Å². The second kappa shape index (κ2) is 5.32. The van der Waals surface area contributed by atoms with Crippen LogP contribution in [0.5, 0.6) is 0 Å². The fourth-order valence-corrected chi connectivity index (χ4v) is 2.03. The summed E-state index contributed by atoms with van der Waals surface area (Å²) in [6.45, 7) is 0. The van der Waals surface area contributed by atoms with Crippen molar-refractivity contribution in [1.82, 2.24) is 9.80 Å². The van der Waals surface area contributed by atoms with Gasteiger partial charge in [0.1, 0.15) is 5.57 Å². The minimum Gasteiger partial charge on any atom is -0.288 e. The van der Waals surface area contributed by atoms with Gasteiger partial charge in [0.05, 0.1) is 0 Å². The smallest absolute Gasteiger partial charge is 0.265 e. The van der Waals surface area contributed by atoms with E-state index in [1.54, 1.807) is 20.2 Å². The maximum absolute atomic E-state index is 12.0. The second-order valence-electron chi connectivity index (χ2n) is 4.32. The van der Waals surface area contributed by atoms with Crippen LogP contribution in [0.1, 0.15) is 5.56 Å². The van der Waals surface area contributed by atoms with Crippen LogP contribution >= 0.6 is 12.2 Å². The van der Waals surface area contributed by atoms with Gasteiger partial charge < -0.3 is 0 Å². The van der Waals surface area contributed by atoms with Gasteiger partial charge in [-0.05, 0) is 24.2 Å². The lowest BCUT2D eigenvalue weighted by molar-refractivity contribution is -0.132. The minimum absolute atomic E-state index is 0.169. The number of carbonyl (C=O) groups is 2. The molecule has 19 heavy (non-hydrogen) atoms. The molecule has 5 heteroatoms. The Labute approximate surface area is 117 Å². The van der Waals surface area contributed by atoms with Gasteiger partial charge >= 0.3 is 0 Å². The number of rotatable bonds is 2. The van der Waals surface area contributed by atoms with Crippen LogP contribution < -0.4 is 0 Å². The molecule has 1 aromatic carbocycles. The average molecular weight is 274 g/mol. The van der Waals surface area contributed by atoms with Crippen molar-refractivity contribution in [1.29, 1.82) is 0 Å². The zero-order valence-electron chi connectivity index (χ0n) is 10.8. The minimum atomic E-state index is -0.343. The van der Waals surface area contributed by atoms with Crippen LogP contribution in [-0.2, 0) is 16.0 Å². The number of allylic oxidation sites excluding steroid dienone is 1. The summed E-state index contributed by atoms with van der Waals surface area (Å²) in [4.78, 5) is 26.7. The normalized spacial score (nSPS) is 16.1. The molecular weight excluding hydrogens is 260 g/mol. The average Bonchev–Trinajstić information content (AvgIpc) is 2.44. The van der Waals surface area contributed by atoms with Gasteiger partial charge in [-0.15, -0.1) is 0 Å². The van der Waals surface area contributed by atoms with E-state index in [4.69, 9.17) is 12.2 Å². The molecule has 4 nitrogen and oxygen atoms in total. The van der Waals surface area contributed by atoms with Crippen LogP contribution in [0.25, 0.3) is 0 Å². The van der Waals surface area contributed by atoms with Gasteiger partial charge in [0.15, 0.2) is 5.11 Å². The maximum atomic E-state index is 12.0. The Morgan fingerprint density at radius 2 is 1.58 bits per heavy atom. The van der Waals surface area contributed by atoms with Gasteiger partial charge in [-0.2, -0.15) is 0 Å². The molecule has 0 radical (unpaired) electrons. The van der Waals surface area contributed by atoms with Gasteiger partial charge in [0.2, 0.25) is 0 Å². The maximum Gasteiger partial charge on any atom is 0.265 e. The molecule has 0 aliphatic carbocycles. The molecule has 0 atom stereocenters. The summed E-state index contributed by atoms with van der Waals surface area (Å²) in [5.41, 5.74) is 1.22. The lowest BCUT2D eigenvalue weighted by Gasteiger charge is -2.31. The number of amides is 2. The molecule has 2 amide bonds. The molecule has 1 saturated heterocycles. The topological polar surface area (TPSA) is 40.6 Å². The van der Waals surface area contributed by atoms with Crippen molar-refractivity contribution in [2.24, 2.45) is 0 Å². The molecule has 0 aromatic heterocycles. The number of hydrogen-bond donors (Lipinski definition) is 0. The fraction of sp³-hybridized carbons (Fsp3) is 0.214. The number of thiocarbonyl (C=S) groups is 1. The van der Waals surface area contributed by atoms with Gasteiger partial charge in [-0.3, -0.25) is 19.4 Å². The van der Waals surface area contributed by atoms with E-state index in [-0.39, 0.29) is 22.5 Å². The van der Waals surface area contributed by atoms with Crippen LogP contribution in [-0.4, -0.2) is 40.8 Å². The second-order valence-corrected chi connectivity index (χ2v) is 4.68. The summed E-state index contributed by atoms with van der Waals surface area (Å²) in [5, 5.41) is 0.229. The van der Waals surface area contributed by atoms with Crippen LogP contribution in [0, 0.1) is 0 Å². The van der Waals surface area contributed by atoms with Gasteiger partial charge in [-0.25, -0.2) is 0 Å². The standard InChI is InChI=1S/C14H14N2O2S/c1-15-12(17)11(13(18)16(2)14(15)19)9-8-10-6-4-3-5-7-10/h3-7,9H,8H2,1-2H3. The molecule has 0 spiro atoms. The molecule has 1 aliphatic rings. The quantitative estimate of drug-likeness (QED) is 0.464. The zero-order valence-corrected chi connectivity index (χ0v) is 11.6. The molecular formula is C14H14N2O2S. The molecule has 0 N–H and O–H groups in total. The molecule has 0 unspecified atom stereocenters. The molecule has 0 bridgehead atoms. The Kier molecular flexibility index (Phi) is 3.76. The Bertz CT molecular complexity index is 540. The summed E-state index contributed by atoms with van der Waals surface area (Å²) in [5.74, 6) is -0.687. The van der Waals surface area contributed by atoms with Crippen molar-refractivity contribution in [2.75, 3.05) is 14.1 Å². The molecule has 1 fully saturated rings. The van der Waals surface area contributed by atoms with Crippen LogP contribution in [0.2, 0.25) is 0 Å². The predicted molar refractivity (Wildman–Crippen MR) is 76.4 cm³/mol. The highest BCUT2D eigenvalue weighted by Gasteiger charge is 2.34. The first-order valence-electron chi connectivity index (χ1n) is 5.86. The van der Waals surface area contributed by atoms with E-state index < -0.39 is 0 Å². The third kappa shape index (κ3) is 2.56. The van der Waals surface area contributed by atoms with Crippen LogP contribution in [0.15, 0.2) is 42.0 Å². The third-order valence-electron chi connectivity index (χ3n) is 3.03. The first-order chi connectivity index (χ1) is 9.02. The highest BCUT2D eigenvalue weighted by atomic mass is 32.1. The largest absolute Gasteiger partial charge is 0.288 e. The molecule has 1 aliphatic heterocycles. The Balaban J connectivity index is 2.25. The summed E-state index contributed by atoms with van der Waals surface area (Å²) in [7, 11) is 3.15. The Morgan fingerprint density at radius 3 is 2.11 bits per heavy atom. The van der Waals surface area contributed by atoms with Gasteiger partial charge in [0, 0.05) is 14.1 Å². The number of nitrogens with zero attached hydrogens (tertiary/aromatic N) is 2. The fourth-order valence-electron chi connectivity index (χ4n) is 1.86. The SMILES string of the molecule is CN1C(=O)C(=CCc2ccccc2)C(=O)N(C)C1=S. The van der Waals surface area contributed by atoms with Crippen LogP contribution in [0.3, 0.4) is 0 Å². The molecule has 1 heterocycles. The molecule has 2 rings (SSSR count). The van der Waals surface area contributed by atoms with Crippen molar-refractivity contribution in [3.8, 4) is 0 Å². The van der Waals surface area contributed by atoms with Crippen molar-refractivity contribution in [3.63, 3.8) is 0 Å².